The van der Waals surface area contributed by atoms with E-state index in [-0.39, 0.29) is 31.0 Å². The van der Waals surface area contributed by atoms with Crippen LogP contribution in [0.1, 0.15) is 66.2 Å². The lowest BCUT2D eigenvalue weighted by atomic mass is 9.82. The minimum atomic E-state index is -1.21. The molecule has 2 heterocycles. The molecule has 7 atom stereocenters. The van der Waals surface area contributed by atoms with Crippen molar-refractivity contribution >= 4 is 5.97 Å². The smallest absolute Gasteiger partial charge is 0.308 e. The van der Waals surface area contributed by atoms with Crippen LogP contribution in [-0.4, -0.2) is 47.1 Å². The van der Waals surface area contributed by atoms with Gasteiger partial charge in [-0.05, 0) is 44.4 Å². The number of aliphatic hydroxyl groups is 2. The number of fused-ring (bicyclic) bond motifs is 2. The Kier molecular flexibility index (Phi) is 7.26. The van der Waals surface area contributed by atoms with E-state index in [9.17, 15) is 15.0 Å². The van der Waals surface area contributed by atoms with Crippen molar-refractivity contribution < 1.29 is 29.2 Å². The lowest BCUT2D eigenvalue weighted by Gasteiger charge is -2.36. The molecule has 2 saturated heterocycles. The molecular formula is C19H34O6. The van der Waals surface area contributed by atoms with Gasteiger partial charge in [-0.15, -0.1) is 0 Å². The van der Waals surface area contributed by atoms with E-state index in [1.165, 1.54) is 0 Å². The van der Waals surface area contributed by atoms with Crippen LogP contribution in [0.25, 0.3) is 0 Å². The molecule has 2 N–H and O–H groups in total. The van der Waals surface area contributed by atoms with E-state index in [1.54, 1.807) is 0 Å². The van der Waals surface area contributed by atoms with Gasteiger partial charge in [-0.3, -0.25) is 4.79 Å². The predicted octanol–water partition coefficient (Wildman–Crippen LogP) is 2.60. The first-order valence-electron chi connectivity index (χ1n) is 9.63. The van der Waals surface area contributed by atoms with E-state index in [0.29, 0.717) is 12.3 Å². The van der Waals surface area contributed by atoms with E-state index < -0.39 is 24.2 Å². The summed E-state index contributed by atoms with van der Waals surface area (Å²) in [5.41, 5.74) is 0. The lowest BCUT2D eigenvalue weighted by molar-refractivity contribution is -0.241. The van der Waals surface area contributed by atoms with Crippen molar-refractivity contribution in [3.05, 3.63) is 0 Å². The third kappa shape index (κ3) is 5.39. The van der Waals surface area contributed by atoms with Crippen LogP contribution in [0.15, 0.2) is 0 Å². The third-order valence-corrected chi connectivity index (χ3v) is 5.76. The van der Waals surface area contributed by atoms with Crippen LogP contribution in [0, 0.1) is 17.8 Å². The maximum atomic E-state index is 11.6. The van der Waals surface area contributed by atoms with Crippen molar-refractivity contribution in [1.29, 1.82) is 0 Å². The summed E-state index contributed by atoms with van der Waals surface area (Å²) in [4.78, 5) is 11.6. The van der Waals surface area contributed by atoms with Crippen molar-refractivity contribution in [3.63, 3.8) is 0 Å². The summed E-state index contributed by atoms with van der Waals surface area (Å²) in [6, 6.07) is 0. The van der Waals surface area contributed by atoms with Gasteiger partial charge in [-0.1, -0.05) is 20.8 Å². The van der Waals surface area contributed by atoms with Crippen LogP contribution in [-0.2, 0) is 19.0 Å². The van der Waals surface area contributed by atoms with Crippen LogP contribution in [0.4, 0.5) is 0 Å². The Hall–Kier alpha value is -0.690. The zero-order chi connectivity index (χ0) is 18.6. The van der Waals surface area contributed by atoms with Crippen LogP contribution >= 0.6 is 0 Å². The van der Waals surface area contributed by atoms with E-state index in [2.05, 4.69) is 6.92 Å². The van der Waals surface area contributed by atoms with Crippen LogP contribution < -0.4 is 0 Å². The fraction of sp³-hybridized carbons (Fsp3) is 0.947. The number of ether oxygens (including phenoxy) is 3. The SMILES string of the molecule is CCCC(=O)OC(O)[C@H](C)[C@@H]1CC[C@@H](C)[C@@H]2CCC(C)(OC[C@@H]1O)O2. The van der Waals surface area contributed by atoms with Gasteiger partial charge in [0.05, 0.1) is 18.8 Å². The fourth-order valence-electron chi connectivity index (χ4n) is 3.90. The van der Waals surface area contributed by atoms with Gasteiger partial charge in [-0.2, -0.15) is 0 Å². The Labute approximate surface area is 150 Å². The average molecular weight is 358 g/mol. The molecule has 0 spiro atoms. The van der Waals surface area contributed by atoms with Crippen LogP contribution in [0.5, 0.6) is 0 Å². The summed E-state index contributed by atoms with van der Waals surface area (Å²) < 4.78 is 17.1. The number of hydrogen-bond acceptors (Lipinski definition) is 6. The Morgan fingerprint density at radius 2 is 2.08 bits per heavy atom. The first-order chi connectivity index (χ1) is 11.8. The molecule has 0 aromatic rings. The molecular weight excluding hydrogens is 324 g/mol. The van der Waals surface area contributed by atoms with E-state index in [0.717, 1.165) is 25.7 Å². The largest absolute Gasteiger partial charge is 0.436 e. The summed E-state index contributed by atoms with van der Waals surface area (Å²) in [5, 5.41) is 20.9. The summed E-state index contributed by atoms with van der Waals surface area (Å²) in [6.07, 6.45) is 2.60. The average Bonchev–Trinajstić information content (AvgIpc) is 2.94. The standard InChI is InChI=1S/C19H34O6/c1-5-6-17(21)24-18(22)13(3)14-8-7-12(2)16-9-10-19(4,25-16)23-11-15(14)20/h12-16,18,20,22H,5-11H2,1-4H3/t12-,13-,14+,15+,16+,18?,19?/m1/s1. The lowest BCUT2D eigenvalue weighted by Crippen LogP contribution is -2.42. The molecule has 2 unspecified atom stereocenters. The fourth-order valence-corrected chi connectivity index (χ4v) is 3.90. The Morgan fingerprint density at radius 1 is 1.36 bits per heavy atom. The molecule has 0 saturated carbocycles. The van der Waals surface area contributed by atoms with Gasteiger partial charge in [-0.25, -0.2) is 0 Å². The maximum Gasteiger partial charge on any atom is 0.308 e. The zero-order valence-corrected chi connectivity index (χ0v) is 15.9. The zero-order valence-electron chi connectivity index (χ0n) is 15.9. The Balaban J connectivity index is 2.03. The Morgan fingerprint density at radius 3 is 2.76 bits per heavy atom. The second kappa shape index (κ2) is 8.80. The van der Waals surface area contributed by atoms with Gasteiger partial charge in [0, 0.05) is 18.8 Å². The molecule has 0 amide bonds. The molecule has 6 nitrogen and oxygen atoms in total. The number of rotatable bonds is 5. The molecule has 0 aromatic carbocycles. The van der Waals surface area contributed by atoms with Crippen LogP contribution in [0.3, 0.4) is 0 Å². The molecule has 2 bridgehead atoms. The summed E-state index contributed by atoms with van der Waals surface area (Å²) in [6.45, 7) is 7.94. The molecule has 146 valence electrons. The molecule has 25 heavy (non-hydrogen) atoms. The minimum Gasteiger partial charge on any atom is -0.436 e. The highest BCUT2D eigenvalue weighted by atomic mass is 16.7. The number of carbonyl (C=O) groups is 1. The summed E-state index contributed by atoms with van der Waals surface area (Å²) in [5.74, 6) is -1.26. The quantitative estimate of drug-likeness (QED) is 0.580. The van der Waals surface area contributed by atoms with E-state index >= 15 is 0 Å². The number of hydrogen-bond donors (Lipinski definition) is 2. The number of esters is 1. The summed E-state index contributed by atoms with van der Waals surface area (Å²) in [7, 11) is 0. The highest BCUT2D eigenvalue weighted by Crippen LogP contribution is 2.39. The molecule has 0 radical (unpaired) electrons. The van der Waals surface area contributed by atoms with E-state index in [1.807, 2.05) is 20.8 Å². The van der Waals surface area contributed by atoms with Gasteiger partial charge < -0.3 is 24.4 Å². The second-order valence-corrected chi connectivity index (χ2v) is 7.92. The van der Waals surface area contributed by atoms with Crippen molar-refractivity contribution in [1.82, 2.24) is 0 Å². The Bertz CT molecular complexity index is 442. The molecule has 2 aliphatic heterocycles. The van der Waals surface area contributed by atoms with Crippen LogP contribution in [0.2, 0.25) is 0 Å². The van der Waals surface area contributed by atoms with Gasteiger partial charge in [0.2, 0.25) is 6.29 Å². The molecule has 6 heteroatoms. The third-order valence-electron chi connectivity index (χ3n) is 5.76. The first-order valence-corrected chi connectivity index (χ1v) is 9.63. The summed E-state index contributed by atoms with van der Waals surface area (Å²) >= 11 is 0. The molecule has 2 fully saturated rings. The first kappa shape index (κ1) is 20.6. The van der Waals surface area contributed by atoms with Crippen molar-refractivity contribution in [2.75, 3.05) is 6.61 Å². The minimum absolute atomic E-state index is 0.155. The van der Waals surface area contributed by atoms with Gasteiger partial charge in [0.1, 0.15) is 0 Å². The van der Waals surface area contributed by atoms with Gasteiger partial charge in [0.15, 0.2) is 5.79 Å². The molecule has 2 rings (SSSR count). The maximum absolute atomic E-state index is 11.6. The molecule has 0 aliphatic carbocycles. The second-order valence-electron chi connectivity index (χ2n) is 7.92. The van der Waals surface area contributed by atoms with Crippen molar-refractivity contribution in [2.45, 2.75) is 90.5 Å². The normalized spacial score (nSPS) is 38.8. The van der Waals surface area contributed by atoms with Crippen molar-refractivity contribution in [3.8, 4) is 0 Å². The number of carbonyl (C=O) groups excluding carboxylic acids is 1. The van der Waals surface area contributed by atoms with Gasteiger partial charge in [0.25, 0.3) is 0 Å². The number of aliphatic hydroxyl groups excluding tert-OH is 2. The monoisotopic (exact) mass is 358 g/mol. The predicted molar refractivity (Wildman–Crippen MR) is 92.5 cm³/mol. The van der Waals surface area contributed by atoms with Gasteiger partial charge >= 0.3 is 5.97 Å². The highest BCUT2D eigenvalue weighted by Gasteiger charge is 2.42. The highest BCUT2D eigenvalue weighted by molar-refractivity contribution is 5.69. The van der Waals surface area contributed by atoms with E-state index in [4.69, 9.17) is 14.2 Å². The topological polar surface area (TPSA) is 85.2 Å². The molecule has 0 aromatic heterocycles. The molecule has 2 aliphatic rings. The van der Waals surface area contributed by atoms with Crippen molar-refractivity contribution in [2.24, 2.45) is 17.8 Å².